The van der Waals surface area contributed by atoms with Crippen LogP contribution in [-0.2, 0) is 26.4 Å². The van der Waals surface area contributed by atoms with E-state index in [0.29, 0.717) is 11.3 Å². The van der Waals surface area contributed by atoms with Gasteiger partial charge in [-0.05, 0) is 24.6 Å². The minimum Gasteiger partial charge on any atom is -0.399 e. The van der Waals surface area contributed by atoms with Crippen molar-refractivity contribution in [1.29, 1.82) is 0 Å². The summed E-state index contributed by atoms with van der Waals surface area (Å²) in [6.07, 6.45) is 0. The Balaban J connectivity index is 0.000000341. The van der Waals surface area contributed by atoms with Crippen LogP contribution in [0.5, 0.6) is 0 Å². The van der Waals surface area contributed by atoms with E-state index in [4.69, 9.17) is 10.3 Å². The first kappa shape index (κ1) is 19.8. The predicted molar refractivity (Wildman–Crippen MR) is 91.9 cm³/mol. The number of nitrogens with two attached hydrogens (primary N) is 1. The number of hydrogen-bond donors (Lipinski definition) is 2. The van der Waals surface area contributed by atoms with E-state index in [2.05, 4.69) is 0 Å². The van der Waals surface area contributed by atoms with Crippen LogP contribution in [0.2, 0.25) is 0 Å². The minimum absolute atomic E-state index is 0.242. The van der Waals surface area contributed by atoms with Gasteiger partial charge in [-0.25, -0.2) is 0 Å². The van der Waals surface area contributed by atoms with E-state index in [1.807, 2.05) is 30.3 Å². The van der Waals surface area contributed by atoms with Crippen LogP contribution in [0.15, 0.2) is 54.6 Å². The van der Waals surface area contributed by atoms with E-state index in [9.17, 15) is 16.8 Å². The maximum Gasteiger partial charge on any atom is 0.465 e. The number of nitrogen functional groups attached to an aromatic ring is 1. The Morgan fingerprint density at radius 3 is 2.12 bits per heavy atom. The van der Waals surface area contributed by atoms with Gasteiger partial charge < -0.3 is 5.73 Å². The Morgan fingerprint density at radius 1 is 1.08 bits per heavy atom. The lowest BCUT2D eigenvalue weighted by molar-refractivity contribution is -0.409. The van der Waals surface area contributed by atoms with Crippen LogP contribution < -0.4 is 5.73 Å². The summed E-state index contributed by atoms with van der Waals surface area (Å²) in [5, 5.41) is 0. The molecule has 9 heteroatoms. The van der Waals surface area contributed by atoms with Gasteiger partial charge >= 0.3 is 10.5 Å². The summed E-state index contributed by atoms with van der Waals surface area (Å²) >= 11 is 0. The van der Waals surface area contributed by atoms with Gasteiger partial charge in [0.25, 0.3) is 10.1 Å². The third-order valence-corrected chi connectivity index (χ3v) is 4.34. The van der Waals surface area contributed by atoms with Gasteiger partial charge in [-0.2, -0.15) is 8.42 Å². The fourth-order valence-electron chi connectivity index (χ4n) is 1.84. The van der Waals surface area contributed by atoms with Crippen LogP contribution in [0, 0.1) is 0 Å². The molecule has 0 heterocycles. The normalized spacial score (nSPS) is 10.4. The van der Waals surface area contributed by atoms with Gasteiger partial charge in [0, 0.05) is 17.8 Å². The van der Waals surface area contributed by atoms with Crippen molar-refractivity contribution in [3.63, 3.8) is 0 Å². The Kier molecular flexibility index (Phi) is 7.56. The highest BCUT2D eigenvalue weighted by molar-refractivity contribution is 7.85. The summed E-state index contributed by atoms with van der Waals surface area (Å²) in [5.74, 6) is -0.538. The fraction of sp³-hybridized carbons (Fsp3) is 0.200. The second kappa shape index (κ2) is 9.16. The third kappa shape index (κ3) is 7.36. The van der Waals surface area contributed by atoms with Crippen LogP contribution >= 0.6 is 0 Å². The number of rotatable bonds is 4. The largest absolute Gasteiger partial charge is 0.465 e. The van der Waals surface area contributed by atoms with Crippen molar-refractivity contribution in [2.45, 2.75) is 12.7 Å². The van der Waals surface area contributed by atoms with Gasteiger partial charge in [0.2, 0.25) is 5.69 Å². The summed E-state index contributed by atoms with van der Waals surface area (Å²) in [5.41, 5.74) is 6.87. The van der Waals surface area contributed by atoms with Crippen molar-refractivity contribution in [2.24, 2.45) is 0 Å². The van der Waals surface area contributed by atoms with E-state index in [1.54, 1.807) is 13.0 Å². The monoisotopic (exact) mass is 371 g/mol. The predicted octanol–water partition coefficient (Wildman–Crippen LogP) is 2.07. The maximum absolute atomic E-state index is 10.9. The average Bonchev–Trinajstić information content (AvgIpc) is 2.47. The van der Waals surface area contributed by atoms with Gasteiger partial charge in [-0.3, -0.25) is 4.55 Å². The first-order valence-corrected chi connectivity index (χ1v) is 9.58. The molecular weight excluding hydrogens is 352 g/mol. The fourth-order valence-corrected chi connectivity index (χ4v) is 2.94. The lowest BCUT2D eigenvalue weighted by atomic mass is 10.2. The molecule has 0 unspecified atom stereocenters. The first-order valence-electron chi connectivity index (χ1n) is 6.94. The number of anilines is 1. The second-order valence-corrected chi connectivity index (χ2v) is 7.05. The van der Waals surface area contributed by atoms with E-state index >= 15 is 0 Å². The molecule has 2 aromatic carbocycles. The number of nitrogens with zero attached hydrogens (tertiary/aromatic N) is 1. The van der Waals surface area contributed by atoms with Crippen molar-refractivity contribution in [2.75, 3.05) is 12.3 Å². The zero-order valence-electron chi connectivity index (χ0n) is 13.0. The Hall–Kier alpha value is -2.23. The molecule has 3 N–H and O–H groups in total. The van der Waals surface area contributed by atoms with Crippen molar-refractivity contribution in [3.8, 4) is 0 Å². The highest BCUT2D eigenvalue weighted by Gasteiger charge is 2.13. The standard InChI is InChI=1S/C9H11NO5S2.C6H7N/c1-2-10(16(11)12)9-5-3-4-8(6-9)7-17(13,14)15;7-6-4-2-1-3-5-6/h3-6H,2,7H2,1H3;1-5H,7H2/p+1. The van der Waals surface area contributed by atoms with Crippen molar-refractivity contribution >= 4 is 32.0 Å². The topological polar surface area (TPSA) is 118 Å². The van der Waals surface area contributed by atoms with E-state index < -0.39 is 26.4 Å². The minimum atomic E-state index is -4.12. The average molecular weight is 371 g/mol. The molecule has 0 aliphatic rings. The Morgan fingerprint density at radius 2 is 1.71 bits per heavy atom. The lowest BCUT2D eigenvalue weighted by Crippen LogP contribution is -2.05. The SMILES string of the molecule is CC[N+](c1cccc(CS(=O)(=O)O)c1)=S(=O)=O.Nc1ccccc1. The van der Waals surface area contributed by atoms with E-state index in [1.165, 1.54) is 18.2 Å². The van der Waals surface area contributed by atoms with Crippen LogP contribution in [0.1, 0.15) is 12.5 Å². The molecule has 130 valence electrons. The van der Waals surface area contributed by atoms with Gasteiger partial charge in [0.1, 0.15) is 5.75 Å². The van der Waals surface area contributed by atoms with Crippen LogP contribution in [0.25, 0.3) is 0 Å². The zero-order chi connectivity index (χ0) is 18.2. The third-order valence-electron chi connectivity index (χ3n) is 2.81. The van der Waals surface area contributed by atoms with Gasteiger partial charge in [0.15, 0.2) is 6.54 Å². The number of hydrogen-bond acceptors (Lipinski definition) is 5. The molecule has 7 nitrogen and oxygen atoms in total. The van der Waals surface area contributed by atoms with Crippen molar-refractivity contribution in [1.82, 2.24) is 0 Å². The summed E-state index contributed by atoms with van der Waals surface area (Å²) in [4.78, 5) is 0. The lowest BCUT2D eigenvalue weighted by Gasteiger charge is -1.99. The summed E-state index contributed by atoms with van der Waals surface area (Å²) in [6.45, 7) is 1.90. The van der Waals surface area contributed by atoms with Crippen LogP contribution in [0.3, 0.4) is 0 Å². The highest BCUT2D eigenvalue weighted by Crippen LogP contribution is 2.15. The Labute approximate surface area is 142 Å². The van der Waals surface area contributed by atoms with Gasteiger partial charge in [-0.1, -0.05) is 34.3 Å². The first-order chi connectivity index (χ1) is 11.2. The highest BCUT2D eigenvalue weighted by atomic mass is 32.2. The maximum atomic E-state index is 10.9. The van der Waals surface area contributed by atoms with E-state index in [-0.39, 0.29) is 6.54 Å². The smallest absolute Gasteiger partial charge is 0.399 e. The molecule has 0 aromatic heterocycles. The summed E-state index contributed by atoms with van der Waals surface area (Å²) < 4.78 is 53.0. The van der Waals surface area contributed by atoms with Crippen LogP contribution in [-0.4, -0.2) is 31.9 Å². The zero-order valence-corrected chi connectivity index (χ0v) is 14.7. The van der Waals surface area contributed by atoms with Gasteiger partial charge in [0.05, 0.1) is 0 Å². The van der Waals surface area contributed by atoms with E-state index in [0.717, 1.165) is 9.63 Å². The number of para-hydroxylation sites is 1. The molecule has 0 bridgehead atoms. The van der Waals surface area contributed by atoms with Crippen molar-refractivity contribution in [3.05, 3.63) is 60.2 Å². The molecule has 0 atom stereocenters. The van der Waals surface area contributed by atoms with Crippen molar-refractivity contribution < 1.29 is 25.3 Å². The molecule has 0 radical (unpaired) electrons. The van der Waals surface area contributed by atoms with Crippen LogP contribution in [0.4, 0.5) is 11.4 Å². The summed E-state index contributed by atoms with van der Waals surface area (Å²) in [6, 6.07) is 15.5. The molecule has 0 saturated carbocycles. The summed E-state index contributed by atoms with van der Waals surface area (Å²) in [7, 11) is -6.53. The Bertz CT molecular complexity index is 900. The molecule has 0 aliphatic heterocycles. The molecule has 24 heavy (non-hydrogen) atoms. The molecule has 0 spiro atoms. The molecule has 0 saturated heterocycles. The molecule has 0 amide bonds. The molecule has 0 aliphatic carbocycles. The second-order valence-electron chi connectivity index (χ2n) is 4.72. The quantitative estimate of drug-likeness (QED) is 0.483. The van der Waals surface area contributed by atoms with Gasteiger partial charge in [-0.15, -0.1) is 8.42 Å². The molecule has 2 aromatic rings. The molecular formula is C15H19N2O5S2+. The molecule has 2 rings (SSSR count). The number of benzene rings is 2. The molecule has 0 fully saturated rings.